The summed E-state index contributed by atoms with van der Waals surface area (Å²) < 4.78 is 4.36. The predicted molar refractivity (Wildman–Crippen MR) is 207 cm³/mol. The highest BCUT2D eigenvalue weighted by atomic mass is 16.4. The van der Waals surface area contributed by atoms with Crippen molar-refractivity contribution < 1.29 is 30.0 Å². The Morgan fingerprint density at radius 2 is 0.962 bits per heavy atom. The number of fused-ring (bicyclic) bond motifs is 2. The molecule has 284 valence electrons. The first-order valence-electron chi connectivity index (χ1n) is 18.8. The average Bonchev–Trinajstić information content (AvgIpc) is 3.87. The van der Waals surface area contributed by atoms with Crippen molar-refractivity contribution in [2.75, 3.05) is 13.1 Å². The summed E-state index contributed by atoms with van der Waals surface area (Å²) >= 11 is 0. The lowest BCUT2D eigenvalue weighted by molar-refractivity contribution is -0.0670. The van der Waals surface area contributed by atoms with Gasteiger partial charge in [-0.15, -0.1) is 0 Å². The van der Waals surface area contributed by atoms with E-state index >= 15 is 0 Å². The van der Waals surface area contributed by atoms with Gasteiger partial charge in [-0.1, -0.05) is 65.8 Å². The maximum absolute atomic E-state index is 11.9. The normalized spacial score (nSPS) is 22.3. The third-order valence-corrected chi connectivity index (χ3v) is 12.0. The Hall–Kier alpha value is -4.02. The molecule has 10 heteroatoms. The van der Waals surface area contributed by atoms with Crippen molar-refractivity contribution >= 4 is 34.0 Å². The summed E-state index contributed by atoms with van der Waals surface area (Å²) in [6.07, 6.45) is 3.32. The van der Waals surface area contributed by atoms with E-state index in [2.05, 4.69) is 61.4 Å². The van der Waals surface area contributed by atoms with Gasteiger partial charge in [-0.25, -0.2) is 9.59 Å². The lowest BCUT2D eigenvalue weighted by Crippen LogP contribution is -2.59. The molecular weight excluding hydrogens is 656 g/mol. The number of hydrogen-bond acceptors (Lipinski definition) is 4. The van der Waals surface area contributed by atoms with E-state index in [0.29, 0.717) is 38.0 Å². The molecule has 10 nitrogen and oxygen atoms in total. The van der Waals surface area contributed by atoms with E-state index in [1.54, 1.807) is 0 Å². The lowest BCUT2D eigenvalue weighted by Gasteiger charge is -2.50. The SMILES string of the molecule is CC(C)n1ccc2ccc(C(O)[C@@]3(C(C)(C)C)CCCN3C(=O)O)cc21.CC(C)n1ccc2ccc(C(O)[C@@]3(C(C)(C)C)CCCN3C(=O)O)cc21. The Kier molecular flexibility index (Phi) is 10.6. The number of rotatable bonds is 6. The third kappa shape index (κ3) is 6.46. The zero-order chi connectivity index (χ0) is 38.6. The third-order valence-electron chi connectivity index (χ3n) is 12.0. The molecular formula is C42H60N4O6. The first kappa shape index (κ1) is 39.2. The van der Waals surface area contributed by atoms with Crippen LogP contribution in [0.3, 0.4) is 0 Å². The van der Waals surface area contributed by atoms with Crippen LogP contribution in [0.1, 0.15) is 130 Å². The number of likely N-dealkylation sites (tertiary alicyclic amines) is 2. The Balaban J connectivity index is 0.000000201. The van der Waals surface area contributed by atoms with E-state index in [4.69, 9.17) is 0 Å². The molecule has 0 aliphatic carbocycles. The van der Waals surface area contributed by atoms with Gasteiger partial charge in [0.05, 0.1) is 11.1 Å². The lowest BCUT2D eigenvalue weighted by atomic mass is 9.67. The molecule has 2 aliphatic heterocycles. The Morgan fingerprint density at radius 3 is 1.25 bits per heavy atom. The van der Waals surface area contributed by atoms with Crippen molar-refractivity contribution in [1.82, 2.24) is 18.9 Å². The molecule has 4 heterocycles. The number of nitrogens with zero attached hydrogens (tertiary/aromatic N) is 4. The number of amides is 2. The maximum Gasteiger partial charge on any atom is 0.407 e. The van der Waals surface area contributed by atoms with Crippen LogP contribution >= 0.6 is 0 Å². The van der Waals surface area contributed by atoms with E-state index in [9.17, 15) is 30.0 Å². The molecule has 4 aromatic rings. The molecule has 6 rings (SSSR count). The van der Waals surface area contributed by atoms with Crippen LogP contribution in [0.25, 0.3) is 21.8 Å². The molecule has 2 aromatic carbocycles. The fourth-order valence-electron chi connectivity index (χ4n) is 9.29. The minimum atomic E-state index is -0.955. The van der Waals surface area contributed by atoms with Crippen molar-refractivity contribution in [3.8, 4) is 0 Å². The maximum atomic E-state index is 11.9. The first-order chi connectivity index (χ1) is 24.2. The molecule has 0 saturated carbocycles. The smallest absolute Gasteiger partial charge is 0.407 e. The van der Waals surface area contributed by atoms with Gasteiger partial charge in [0.15, 0.2) is 0 Å². The monoisotopic (exact) mass is 716 g/mol. The summed E-state index contributed by atoms with van der Waals surface area (Å²) in [4.78, 5) is 26.8. The summed E-state index contributed by atoms with van der Waals surface area (Å²) in [5.41, 5.74) is 1.25. The highest BCUT2D eigenvalue weighted by Gasteiger charge is 2.58. The highest BCUT2D eigenvalue weighted by molar-refractivity contribution is 5.82. The summed E-state index contributed by atoms with van der Waals surface area (Å²) in [5.74, 6) is 0. The van der Waals surface area contributed by atoms with Gasteiger partial charge in [0.2, 0.25) is 0 Å². The molecule has 52 heavy (non-hydrogen) atoms. The number of aromatic nitrogens is 2. The quantitative estimate of drug-likeness (QED) is 0.157. The second-order valence-corrected chi connectivity index (χ2v) is 17.5. The van der Waals surface area contributed by atoms with Gasteiger partial charge in [-0.2, -0.15) is 0 Å². The van der Waals surface area contributed by atoms with Crippen LogP contribution in [0.2, 0.25) is 0 Å². The van der Waals surface area contributed by atoms with E-state index in [1.165, 1.54) is 9.80 Å². The largest absolute Gasteiger partial charge is 0.465 e. The van der Waals surface area contributed by atoms with Crippen LogP contribution in [0.4, 0.5) is 9.59 Å². The highest BCUT2D eigenvalue weighted by Crippen LogP contribution is 2.53. The van der Waals surface area contributed by atoms with E-state index < -0.39 is 46.3 Å². The Morgan fingerprint density at radius 1 is 0.615 bits per heavy atom. The van der Waals surface area contributed by atoms with Gasteiger partial charge in [-0.3, -0.25) is 9.80 Å². The molecule has 2 saturated heterocycles. The molecule has 0 radical (unpaired) electrons. The van der Waals surface area contributed by atoms with Crippen LogP contribution in [-0.2, 0) is 0 Å². The van der Waals surface area contributed by atoms with Gasteiger partial charge >= 0.3 is 12.2 Å². The number of carbonyl (C=O) groups is 2. The average molecular weight is 717 g/mol. The Labute approximate surface area is 308 Å². The molecule has 2 aliphatic rings. The summed E-state index contributed by atoms with van der Waals surface area (Å²) in [5, 5.41) is 44.7. The van der Waals surface area contributed by atoms with Crippen molar-refractivity contribution in [3.63, 3.8) is 0 Å². The number of aliphatic hydroxyl groups is 2. The minimum absolute atomic E-state index is 0.318. The second kappa shape index (κ2) is 14.1. The van der Waals surface area contributed by atoms with Crippen LogP contribution in [0, 0.1) is 10.8 Å². The van der Waals surface area contributed by atoms with Crippen molar-refractivity contribution in [1.29, 1.82) is 0 Å². The van der Waals surface area contributed by atoms with Gasteiger partial charge < -0.3 is 29.6 Å². The number of aliphatic hydroxyl groups excluding tert-OH is 2. The summed E-state index contributed by atoms with van der Waals surface area (Å²) in [6, 6.07) is 16.7. The first-order valence-corrected chi connectivity index (χ1v) is 18.8. The predicted octanol–water partition coefficient (Wildman–Crippen LogP) is 9.63. The summed E-state index contributed by atoms with van der Waals surface area (Å²) in [7, 11) is 0. The molecule has 2 amide bonds. The van der Waals surface area contributed by atoms with Crippen LogP contribution in [0.15, 0.2) is 60.9 Å². The molecule has 4 atom stereocenters. The molecule has 4 N–H and O–H groups in total. The van der Waals surface area contributed by atoms with Gasteiger partial charge in [0.25, 0.3) is 0 Å². The van der Waals surface area contributed by atoms with Gasteiger partial charge in [0, 0.05) is 48.6 Å². The van der Waals surface area contributed by atoms with Crippen LogP contribution in [-0.4, -0.2) is 75.7 Å². The number of hydrogen-bond donors (Lipinski definition) is 4. The fraction of sp³-hybridized carbons (Fsp3) is 0.571. The van der Waals surface area contributed by atoms with Gasteiger partial charge in [0.1, 0.15) is 12.2 Å². The second-order valence-electron chi connectivity index (χ2n) is 17.5. The van der Waals surface area contributed by atoms with Gasteiger partial charge in [-0.05, 0) is 110 Å². The molecule has 0 spiro atoms. The zero-order valence-electron chi connectivity index (χ0n) is 32.7. The van der Waals surface area contributed by atoms with Crippen molar-refractivity contribution in [2.24, 2.45) is 10.8 Å². The minimum Gasteiger partial charge on any atom is -0.465 e. The standard InChI is InChI=1S/2C21H30N2O3/c2*1-14(2)22-12-9-15-7-8-16(13-17(15)22)18(24)21(20(3,4)5)10-6-11-23(21)19(25)26/h2*7-9,12-14,18,24H,6,10-11H2,1-5H3,(H,25,26)/t2*18?,21-/m11/s1. The van der Waals surface area contributed by atoms with Crippen LogP contribution < -0.4 is 0 Å². The number of benzene rings is 2. The zero-order valence-corrected chi connectivity index (χ0v) is 32.7. The van der Waals surface area contributed by atoms with E-state index in [0.717, 1.165) is 45.8 Å². The molecule has 2 fully saturated rings. The van der Waals surface area contributed by atoms with E-state index in [-0.39, 0.29) is 0 Å². The van der Waals surface area contributed by atoms with E-state index in [1.807, 2.05) is 77.9 Å². The van der Waals surface area contributed by atoms with Crippen molar-refractivity contribution in [2.45, 2.75) is 130 Å². The van der Waals surface area contributed by atoms with Crippen LogP contribution in [0.5, 0.6) is 0 Å². The Bertz CT molecular complexity index is 1770. The summed E-state index contributed by atoms with van der Waals surface area (Å²) in [6.45, 7) is 21.6. The van der Waals surface area contributed by atoms with Crippen molar-refractivity contribution in [3.05, 3.63) is 72.1 Å². The molecule has 2 unspecified atom stereocenters. The molecule has 2 aromatic heterocycles. The number of carboxylic acid groups (broad SMARTS) is 2. The topological polar surface area (TPSA) is 131 Å². The molecule has 0 bridgehead atoms. The fourth-order valence-corrected chi connectivity index (χ4v) is 9.29.